The summed E-state index contributed by atoms with van der Waals surface area (Å²) in [7, 11) is -2.42. The highest BCUT2D eigenvalue weighted by molar-refractivity contribution is 7.90. The van der Waals surface area contributed by atoms with Crippen LogP contribution in [0, 0.1) is 11.7 Å². The van der Waals surface area contributed by atoms with Crippen molar-refractivity contribution in [2.24, 2.45) is 5.92 Å². The van der Waals surface area contributed by atoms with Gasteiger partial charge in [0.25, 0.3) is 0 Å². The summed E-state index contributed by atoms with van der Waals surface area (Å²) in [6, 6.07) is 5.77. The summed E-state index contributed by atoms with van der Waals surface area (Å²) in [5.41, 5.74) is 0.0265. The van der Waals surface area contributed by atoms with Crippen LogP contribution < -0.4 is 4.31 Å². The number of nitrogens with zero attached hydrogens (tertiary/aromatic N) is 2. The van der Waals surface area contributed by atoms with Gasteiger partial charge >= 0.3 is 10.2 Å². The Morgan fingerprint density at radius 2 is 2.15 bits per heavy atom. The van der Waals surface area contributed by atoms with E-state index in [9.17, 15) is 17.9 Å². The summed E-state index contributed by atoms with van der Waals surface area (Å²) in [4.78, 5) is 0. The molecule has 0 aromatic heterocycles. The molecule has 7 heteroatoms. The van der Waals surface area contributed by atoms with Gasteiger partial charge < -0.3 is 5.11 Å². The molecule has 0 radical (unpaired) electrons. The van der Waals surface area contributed by atoms with Crippen LogP contribution in [-0.2, 0) is 10.2 Å². The third-order valence-electron chi connectivity index (χ3n) is 3.60. The van der Waals surface area contributed by atoms with Crippen LogP contribution in [0.15, 0.2) is 24.3 Å². The van der Waals surface area contributed by atoms with Gasteiger partial charge in [-0.05, 0) is 30.9 Å². The molecule has 1 heterocycles. The molecule has 1 unspecified atom stereocenters. The molecule has 1 aliphatic rings. The van der Waals surface area contributed by atoms with E-state index in [0.717, 1.165) is 10.7 Å². The molecular formula is C13H19FN2O3S. The van der Waals surface area contributed by atoms with E-state index >= 15 is 0 Å². The molecule has 20 heavy (non-hydrogen) atoms. The van der Waals surface area contributed by atoms with Crippen LogP contribution in [0.5, 0.6) is 0 Å². The largest absolute Gasteiger partial charge is 0.396 e. The smallest absolute Gasteiger partial charge is 0.303 e. The van der Waals surface area contributed by atoms with Gasteiger partial charge in [0.1, 0.15) is 5.82 Å². The van der Waals surface area contributed by atoms with Crippen LogP contribution in [-0.4, -0.2) is 44.6 Å². The maximum Gasteiger partial charge on any atom is 0.303 e. The molecule has 1 aromatic carbocycles. The second kappa shape index (κ2) is 6.07. The number of aliphatic hydroxyl groups is 1. The van der Waals surface area contributed by atoms with Crippen molar-refractivity contribution in [1.29, 1.82) is 0 Å². The fourth-order valence-electron chi connectivity index (χ4n) is 2.39. The maximum atomic E-state index is 13.7. The molecule has 1 aliphatic heterocycles. The summed E-state index contributed by atoms with van der Waals surface area (Å²) >= 11 is 0. The van der Waals surface area contributed by atoms with E-state index < -0.39 is 16.0 Å². The van der Waals surface area contributed by atoms with Crippen molar-refractivity contribution in [3.05, 3.63) is 30.1 Å². The number of piperidine rings is 1. The third-order valence-corrected chi connectivity index (χ3v) is 5.48. The van der Waals surface area contributed by atoms with Crippen molar-refractivity contribution in [3.8, 4) is 0 Å². The highest BCUT2D eigenvalue weighted by Gasteiger charge is 2.32. The lowest BCUT2D eigenvalue weighted by Gasteiger charge is -2.34. The van der Waals surface area contributed by atoms with Gasteiger partial charge in [0.05, 0.1) is 5.69 Å². The minimum absolute atomic E-state index is 0.0265. The minimum Gasteiger partial charge on any atom is -0.396 e. The van der Waals surface area contributed by atoms with Crippen molar-refractivity contribution in [1.82, 2.24) is 4.31 Å². The zero-order valence-corrected chi connectivity index (χ0v) is 12.2. The number of para-hydroxylation sites is 1. The van der Waals surface area contributed by atoms with Crippen molar-refractivity contribution < 1.29 is 17.9 Å². The number of rotatable bonds is 4. The van der Waals surface area contributed by atoms with Gasteiger partial charge in [-0.1, -0.05) is 12.1 Å². The van der Waals surface area contributed by atoms with E-state index in [1.165, 1.54) is 29.6 Å². The molecule has 0 spiro atoms. The minimum atomic E-state index is -3.77. The van der Waals surface area contributed by atoms with Gasteiger partial charge in [-0.15, -0.1) is 0 Å². The number of anilines is 1. The van der Waals surface area contributed by atoms with Crippen LogP contribution in [0.4, 0.5) is 10.1 Å². The summed E-state index contributed by atoms with van der Waals surface area (Å²) < 4.78 is 41.0. The molecule has 1 fully saturated rings. The number of hydrogen-bond donors (Lipinski definition) is 1. The predicted octanol–water partition coefficient (Wildman–Crippen LogP) is 1.21. The summed E-state index contributed by atoms with van der Waals surface area (Å²) in [5.74, 6) is -0.623. The van der Waals surface area contributed by atoms with Gasteiger partial charge in [-0.3, -0.25) is 4.31 Å². The molecule has 2 rings (SSSR count). The summed E-state index contributed by atoms with van der Waals surface area (Å²) in [5, 5.41) is 9.18. The second-order valence-electron chi connectivity index (χ2n) is 4.98. The Kier molecular flexibility index (Phi) is 4.62. The van der Waals surface area contributed by atoms with Gasteiger partial charge in [-0.2, -0.15) is 12.7 Å². The Morgan fingerprint density at radius 3 is 2.80 bits per heavy atom. The van der Waals surface area contributed by atoms with E-state index in [1.807, 2.05) is 0 Å². The van der Waals surface area contributed by atoms with Gasteiger partial charge in [0, 0.05) is 26.7 Å². The molecule has 112 valence electrons. The Balaban J connectivity index is 2.24. The average Bonchev–Trinajstić information content (AvgIpc) is 2.47. The lowest BCUT2D eigenvalue weighted by atomic mass is 10.0. The number of aliphatic hydroxyl groups excluding tert-OH is 1. The SMILES string of the molecule is CN(c1ccccc1F)S(=O)(=O)N1CCCC(CO)C1. The fraction of sp³-hybridized carbons (Fsp3) is 0.538. The van der Waals surface area contributed by atoms with Gasteiger partial charge in [0.2, 0.25) is 0 Å². The Morgan fingerprint density at radius 1 is 1.45 bits per heavy atom. The number of benzene rings is 1. The molecule has 1 saturated heterocycles. The highest BCUT2D eigenvalue weighted by Crippen LogP contribution is 2.25. The third kappa shape index (κ3) is 2.94. The lowest BCUT2D eigenvalue weighted by Crippen LogP contribution is -2.47. The first-order valence-corrected chi connectivity index (χ1v) is 7.96. The Hall–Kier alpha value is -1.18. The monoisotopic (exact) mass is 302 g/mol. The van der Waals surface area contributed by atoms with E-state index in [1.54, 1.807) is 6.07 Å². The molecule has 0 bridgehead atoms. The first kappa shape index (κ1) is 15.2. The first-order valence-electron chi connectivity index (χ1n) is 6.56. The molecule has 0 aliphatic carbocycles. The summed E-state index contributed by atoms with van der Waals surface area (Å²) in [6.07, 6.45) is 1.52. The average molecular weight is 302 g/mol. The maximum absolute atomic E-state index is 13.7. The Labute approximate surface area is 118 Å². The molecule has 1 aromatic rings. The quantitative estimate of drug-likeness (QED) is 0.909. The number of hydrogen-bond acceptors (Lipinski definition) is 3. The van der Waals surface area contributed by atoms with Crippen molar-refractivity contribution in [3.63, 3.8) is 0 Å². The van der Waals surface area contributed by atoms with E-state index in [4.69, 9.17) is 0 Å². The van der Waals surface area contributed by atoms with E-state index in [-0.39, 0.29) is 24.8 Å². The molecule has 0 saturated carbocycles. The lowest BCUT2D eigenvalue weighted by molar-refractivity contribution is 0.165. The normalized spacial score (nSPS) is 20.9. The van der Waals surface area contributed by atoms with Crippen molar-refractivity contribution in [2.45, 2.75) is 12.8 Å². The Bertz CT molecular complexity index is 564. The van der Waals surface area contributed by atoms with Gasteiger partial charge in [-0.25, -0.2) is 4.39 Å². The molecular weight excluding hydrogens is 283 g/mol. The molecule has 5 nitrogen and oxygen atoms in total. The van der Waals surface area contributed by atoms with E-state index in [0.29, 0.717) is 13.0 Å². The standard InChI is InChI=1S/C13H19FN2O3S/c1-15(13-7-3-2-6-12(13)14)20(18,19)16-8-4-5-11(9-16)10-17/h2-3,6-7,11,17H,4-5,8-10H2,1H3. The molecule has 0 amide bonds. The van der Waals surface area contributed by atoms with Crippen LogP contribution >= 0.6 is 0 Å². The van der Waals surface area contributed by atoms with Crippen molar-refractivity contribution >= 4 is 15.9 Å². The number of halogens is 1. The van der Waals surface area contributed by atoms with Crippen LogP contribution in [0.3, 0.4) is 0 Å². The van der Waals surface area contributed by atoms with Gasteiger partial charge in [0.15, 0.2) is 0 Å². The second-order valence-corrected chi connectivity index (χ2v) is 6.94. The topological polar surface area (TPSA) is 60.9 Å². The first-order chi connectivity index (χ1) is 9.46. The summed E-state index contributed by atoms with van der Waals surface area (Å²) in [6.45, 7) is 0.644. The van der Waals surface area contributed by atoms with E-state index in [2.05, 4.69) is 0 Å². The fourth-order valence-corrected chi connectivity index (χ4v) is 3.89. The van der Waals surface area contributed by atoms with Crippen LogP contribution in [0.25, 0.3) is 0 Å². The molecule has 1 atom stereocenters. The van der Waals surface area contributed by atoms with Crippen LogP contribution in [0.2, 0.25) is 0 Å². The molecule has 1 N–H and O–H groups in total. The zero-order valence-electron chi connectivity index (χ0n) is 11.4. The zero-order chi connectivity index (χ0) is 14.8. The predicted molar refractivity (Wildman–Crippen MR) is 75.1 cm³/mol. The van der Waals surface area contributed by atoms with Crippen molar-refractivity contribution in [2.75, 3.05) is 31.0 Å². The highest BCUT2D eigenvalue weighted by atomic mass is 32.2. The van der Waals surface area contributed by atoms with Crippen LogP contribution in [0.1, 0.15) is 12.8 Å².